The summed E-state index contributed by atoms with van der Waals surface area (Å²) in [4.78, 5) is 4.67. The monoisotopic (exact) mass is 379 g/mol. The van der Waals surface area contributed by atoms with Crippen LogP contribution in [0, 0.1) is 18.7 Å². The van der Waals surface area contributed by atoms with Crippen LogP contribution in [0.15, 0.2) is 39.8 Å². The van der Waals surface area contributed by atoms with E-state index in [2.05, 4.69) is 20.9 Å². The predicted molar refractivity (Wildman–Crippen MR) is 94.3 cm³/mol. The third-order valence-corrected chi connectivity index (χ3v) is 4.69. The van der Waals surface area contributed by atoms with Crippen molar-refractivity contribution in [1.82, 2.24) is 0 Å². The van der Waals surface area contributed by atoms with Crippen LogP contribution in [-0.2, 0) is 0 Å². The second kappa shape index (κ2) is 7.13. The molecule has 0 aliphatic carbocycles. The lowest BCUT2D eigenvalue weighted by Gasteiger charge is -2.15. The maximum Gasteiger partial charge on any atom is 0.165 e. The Balaban J connectivity index is 2.61. The van der Waals surface area contributed by atoms with Gasteiger partial charge in [0, 0.05) is 10.5 Å². The number of hydrogen-bond acceptors (Lipinski definition) is 3. The summed E-state index contributed by atoms with van der Waals surface area (Å²) in [7, 11) is 0. The maximum atomic E-state index is 13.7. The van der Waals surface area contributed by atoms with Gasteiger partial charge in [-0.15, -0.1) is 0 Å². The Hall–Kier alpha value is -1.88. The minimum Gasteiger partial charge on any atom is -0.508 e. The van der Waals surface area contributed by atoms with Gasteiger partial charge in [-0.3, -0.25) is 4.99 Å². The number of phenolic OH excluding ortho intramolecular Hbond substituents is 2. The van der Waals surface area contributed by atoms with E-state index in [1.54, 1.807) is 18.2 Å². The topological polar surface area (TPSA) is 52.8 Å². The van der Waals surface area contributed by atoms with Crippen molar-refractivity contribution in [3.8, 4) is 11.5 Å². The summed E-state index contributed by atoms with van der Waals surface area (Å²) in [5, 5.41) is 19.2. The van der Waals surface area contributed by atoms with Gasteiger partial charge in [-0.2, -0.15) is 0 Å². The molecule has 0 amide bonds. The van der Waals surface area contributed by atoms with E-state index >= 15 is 0 Å². The molecule has 0 aromatic heterocycles. The van der Waals surface area contributed by atoms with Gasteiger partial charge in [0.05, 0.1) is 11.4 Å². The summed E-state index contributed by atoms with van der Waals surface area (Å²) in [6, 6.07) is 7.45. The summed E-state index contributed by atoms with van der Waals surface area (Å²) in [5.41, 5.74) is 2.85. The molecule has 2 aromatic carbocycles. The third-order valence-electron chi connectivity index (χ3n) is 3.87. The summed E-state index contributed by atoms with van der Waals surface area (Å²) in [6.07, 6.45) is 0.834. The van der Waals surface area contributed by atoms with Crippen LogP contribution in [0.25, 0.3) is 0 Å². The van der Waals surface area contributed by atoms with E-state index in [4.69, 9.17) is 0 Å². The number of aromatic hydroxyl groups is 2. The number of hydrogen-bond donors (Lipinski definition) is 2. The highest BCUT2D eigenvalue weighted by molar-refractivity contribution is 9.10. The van der Waals surface area contributed by atoms with Gasteiger partial charge in [-0.1, -0.05) is 29.8 Å². The summed E-state index contributed by atoms with van der Waals surface area (Å²) in [5.74, 6) is -0.845. The number of benzene rings is 2. The Kier molecular flexibility index (Phi) is 5.42. The molecule has 1 atom stereocenters. The lowest BCUT2D eigenvalue weighted by Crippen LogP contribution is -2.12. The quantitative estimate of drug-likeness (QED) is 0.691. The SMILES string of the molecule is CCC(C)C(=Nc1cc(O)cc(Br)c1C)c1ccc(O)c(F)c1. The number of aliphatic imine (C=N–C) groups is 1. The zero-order valence-electron chi connectivity index (χ0n) is 13.3. The zero-order chi connectivity index (χ0) is 17.1. The van der Waals surface area contributed by atoms with E-state index in [1.807, 2.05) is 20.8 Å². The molecule has 23 heavy (non-hydrogen) atoms. The predicted octanol–water partition coefficient (Wildman–Crippen LogP) is 5.47. The highest BCUT2D eigenvalue weighted by Gasteiger charge is 2.15. The lowest BCUT2D eigenvalue weighted by molar-refractivity contribution is 0.432. The van der Waals surface area contributed by atoms with Crippen molar-refractivity contribution in [3.05, 3.63) is 51.7 Å². The molecule has 2 aromatic rings. The first-order valence-electron chi connectivity index (χ1n) is 7.40. The van der Waals surface area contributed by atoms with E-state index in [9.17, 15) is 14.6 Å². The van der Waals surface area contributed by atoms with Gasteiger partial charge in [0.25, 0.3) is 0 Å². The molecular weight excluding hydrogens is 361 g/mol. The van der Waals surface area contributed by atoms with Crippen molar-refractivity contribution in [2.24, 2.45) is 10.9 Å². The van der Waals surface area contributed by atoms with Gasteiger partial charge in [0.2, 0.25) is 0 Å². The molecule has 0 aliphatic heterocycles. The number of phenols is 2. The highest BCUT2D eigenvalue weighted by atomic mass is 79.9. The summed E-state index contributed by atoms with van der Waals surface area (Å²) >= 11 is 3.40. The van der Waals surface area contributed by atoms with Crippen molar-refractivity contribution in [1.29, 1.82) is 0 Å². The number of halogens is 2. The first kappa shape index (κ1) is 17.5. The normalized spacial score (nSPS) is 13.2. The average Bonchev–Trinajstić information content (AvgIpc) is 2.51. The van der Waals surface area contributed by atoms with E-state index in [1.165, 1.54) is 12.1 Å². The third kappa shape index (κ3) is 3.91. The Morgan fingerprint density at radius 2 is 1.96 bits per heavy atom. The molecule has 0 fully saturated rings. The van der Waals surface area contributed by atoms with Crippen molar-refractivity contribution >= 4 is 27.3 Å². The molecule has 0 heterocycles. The summed E-state index contributed by atoms with van der Waals surface area (Å²) < 4.78 is 14.5. The number of nitrogens with zero attached hydrogens (tertiary/aromatic N) is 1. The Morgan fingerprint density at radius 3 is 2.57 bits per heavy atom. The molecule has 0 spiro atoms. The fourth-order valence-corrected chi connectivity index (χ4v) is 2.65. The van der Waals surface area contributed by atoms with Crippen LogP contribution >= 0.6 is 15.9 Å². The van der Waals surface area contributed by atoms with Crippen molar-refractivity contribution < 1.29 is 14.6 Å². The van der Waals surface area contributed by atoms with Gasteiger partial charge in [0.15, 0.2) is 11.6 Å². The minimum atomic E-state index is -0.674. The molecule has 3 nitrogen and oxygen atoms in total. The van der Waals surface area contributed by atoms with Crippen LogP contribution in [-0.4, -0.2) is 15.9 Å². The molecule has 5 heteroatoms. The van der Waals surface area contributed by atoms with E-state index in [-0.39, 0.29) is 17.4 Å². The van der Waals surface area contributed by atoms with E-state index in [0.29, 0.717) is 17.0 Å². The maximum absolute atomic E-state index is 13.7. The van der Waals surface area contributed by atoms with Crippen LogP contribution in [0.4, 0.5) is 10.1 Å². The molecule has 0 aliphatic rings. The molecular formula is C18H19BrFNO2. The molecule has 1 unspecified atom stereocenters. The van der Waals surface area contributed by atoms with Crippen LogP contribution in [0.1, 0.15) is 31.4 Å². The number of rotatable bonds is 4. The van der Waals surface area contributed by atoms with Crippen LogP contribution in [0.2, 0.25) is 0 Å². The lowest BCUT2D eigenvalue weighted by atomic mass is 9.95. The van der Waals surface area contributed by atoms with Crippen molar-refractivity contribution in [2.45, 2.75) is 27.2 Å². The molecule has 122 valence electrons. The largest absolute Gasteiger partial charge is 0.508 e. The van der Waals surface area contributed by atoms with Gasteiger partial charge in [0.1, 0.15) is 5.75 Å². The Morgan fingerprint density at radius 1 is 1.26 bits per heavy atom. The standard InChI is InChI=1S/C18H19BrFNO2/c1-4-10(2)18(12-5-6-17(23)15(20)7-12)21-16-9-13(22)8-14(19)11(16)3/h5-10,22-23H,4H2,1-3H3. The van der Waals surface area contributed by atoms with Crippen LogP contribution in [0.5, 0.6) is 11.5 Å². The second-order valence-corrected chi connectivity index (χ2v) is 6.40. The van der Waals surface area contributed by atoms with Gasteiger partial charge < -0.3 is 10.2 Å². The Bertz CT molecular complexity index is 759. The molecule has 0 bridgehead atoms. The average molecular weight is 380 g/mol. The fraction of sp³-hybridized carbons (Fsp3) is 0.278. The smallest absolute Gasteiger partial charge is 0.165 e. The highest BCUT2D eigenvalue weighted by Crippen LogP contribution is 2.33. The van der Waals surface area contributed by atoms with Crippen molar-refractivity contribution in [2.75, 3.05) is 0 Å². The fourth-order valence-electron chi connectivity index (χ4n) is 2.22. The molecule has 2 N–H and O–H groups in total. The minimum absolute atomic E-state index is 0.0967. The van der Waals surface area contributed by atoms with E-state index < -0.39 is 5.82 Å². The first-order chi connectivity index (χ1) is 10.8. The van der Waals surface area contributed by atoms with Crippen LogP contribution < -0.4 is 0 Å². The second-order valence-electron chi connectivity index (χ2n) is 5.54. The summed E-state index contributed by atoms with van der Waals surface area (Å²) in [6.45, 7) is 5.94. The Labute approximate surface area is 143 Å². The van der Waals surface area contributed by atoms with Gasteiger partial charge in [-0.05, 0) is 54.7 Å². The first-order valence-corrected chi connectivity index (χ1v) is 8.19. The molecule has 0 saturated heterocycles. The van der Waals surface area contributed by atoms with E-state index in [0.717, 1.165) is 16.5 Å². The van der Waals surface area contributed by atoms with Gasteiger partial charge in [-0.25, -0.2) is 4.39 Å². The van der Waals surface area contributed by atoms with Gasteiger partial charge >= 0.3 is 0 Å². The molecule has 0 saturated carbocycles. The zero-order valence-corrected chi connectivity index (χ0v) is 14.9. The molecule has 0 radical (unpaired) electrons. The molecule has 2 rings (SSSR count). The van der Waals surface area contributed by atoms with Crippen LogP contribution in [0.3, 0.4) is 0 Å². The van der Waals surface area contributed by atoms with Crippen molar-refractivity contribution in [3.63, 3.8) is 0 Å².